The van der Waals surface area contributed by atoms with Gasteiger partial charge in [0.1, 0.15) is 22.2 Å². The Morgan fingerprint density at radius 3 is 2.57 bits per heavy atom. The number of pyridine rings is 1. The standard InChI is InChI=1S/C29H32N4O3S/c1-21(22-9-5-4-6-10-22)33(18-23-12-13-25(35-2)17-27(23)36-3)19-28-32-26(20-37-28)29(34)31-16-14-24-11-7-8-15-30-24/h4-13,15,17,20-21H,14,16,18-19H2,1-3H3,(H,31,34). The van der Waals surface area contributed by atoms with Crippen LogP contribution in [0.1, 0.15) is 45.3 Å². The van der Waals surface area contributed by atoms with Crippen LogP contribution in [0, 0.1) is 0 Å². The topological polar surface area (TPSA) is 76.6 Å². The second kappa shape index (κ2) is 13.0. The highest BCUT2D eigenvalue weighted by molar-refractivity contribution is 7.09. The van der Waals surface area contributed by atoms with Crippen LogP contribution < -0.4 is 14.8 Å². The van der Waals surface area contributed by atoms with E-state index in [4.69, 9.17) is 9.47 Å². The molecular formula is C29H32N4O3S. The molecule has 1 N–H and O–H groups in total. The van der Waals surface area contributed by atoms with Crippen LogP contribution in [0.4, 0.5) is 0 Å². The molecule has 1 atom stereocenters. The van der Waals surface area contributed by atoms with Crippen LogP contribution in [0.3, 0.4) is 0 Å². The number of hydrogen-bond donors (Lipinski definition) is 1. The Morgan fingerprint density at radius 1 is 1.03 bits per heavy atom. The molecule has 4 rings (SSSR count). The van der Waals surface area contributed by atoms with E-state index in [1.165, 1.54) is 16.9 Å². The predicted octanol–water partition coefficient (Wildman–Crippen LogP) is 5.29. The molecule has 37 heavy (non-hydrogen) atoms. The minimum Gasteiger partial charge on any atom is -0.497 e. The van der Waals surface area contributed by atoms with Crippen molar-refractivity contribution in [1.82, 2.24) is 20.2 Å². The van der Waals surface area contributed by atoms with Crippen molar-refractivity contribution in [2.24, 2.45) is 0 Å². The highest BCUT2D eigenvalue weighted by Gasteiger charge is 2.21. The second-order valence-electron chi connectivity index (χ2n) is 8.62. The van der Waals surface area contributed by atoms with Crippen molar-refractivity contribution in [2.45, 2.75) is 32.5 Å². The molecule has 192 valence electrons. The highest BCUT2D eigenvalue weighted by atomic mass is 32.1. The van der Waals surface area contributed by atoms with Crippen LogP contribution in [0.2, 0.25) is 0 Å². The van der Waals surface area contributed by atoms with Gasteiger partial charge in [-0.2, -0.15) is 0 Å². The summed E-state index contributed by atoms with van der Waals surface area (Å²) in [5.74, 6) is 1.36. The number of hydrogen-bond acceptors (Lipinski definition) is 7. The summed E-state index contributed by atoms with van der Waals surface area (Å²) in [6.07, 6.45) is 2.43. The zero-order valence-electron chi connectivity index (χ0n) is 21.4. The van der Waals surface area contributed by atoms with Gasteiger partial charge in [-0.25, -0.2) is 4.98 Å². The first kappa shape index (κ1) is 26.3. The van der Waals surface area contributed by atoms with Gasteiger partial charge in [-0.1, -0.05) is 42.5 Å². The molecule has 2 heterocycles. The minimum absolute atomic E-state index is 0.118. The van der Waals surface area contributed by atoms with Gasteiger partial charge in [0.05, 0.1) is 20.8 Å². The first-order valence-electron chi connectivity index (χ1n) is 12.2. The van der Waals surface area contributed by atoms with Gasteiger partial charge in [-0.05, 0) is 30.7 Å². The third-order valence-corrected chi connectivity index (χ3v) is 7.05. The van der Waals surface area contributed by atoms with E-state index in [9.17, 15) is 4.79 Å². The van der Waals surface area contributed by atoms with Crippen molar-refractivity contribution in [3.8, 4) is 11.5 Å². The summed E-state index contributed by atoms with van der Waals surface area (Å²) in [5.41, 5.74) is 3.64. The lowest BCUT2D eigenvalue weighted by molar-refractivity contribution is 0.0949. The predicted molar refractivity (Wildman–Crippen MR) is 146 cm³/mol. The lowest BCUT2D eigenvalue weighted by Crippen LogP contribution is -2.27. The van der Waals surface area contributed by atoms with E-state index in [-0.39, 0.29) is 11.9 Å². The molecule has 0 fully saturated rings. The molecule has 2 aromatic carbocycles. The summed E-state index contributed by atoms with van der Waals surface area (Å²) in [6, 6.07) is 22.2. The summed E-state index contributed by atoms with van der Waals surface area (Å²) in [4.78, 5) is 24.0. The molecule has 8 heteroatoms. The Bertz CT molecular complexity index is 1280. The number of rotatable bonds is 12. The highest BCUT2D eigenvalue weighted by Crippen LogP contribution is 2.30. The van der Waals surface area contributed by atoms with E-state index in [1.807, 2.05) is 47.8 Å². The fourth-order valence-electron chi connectivity index (χ4n) is 4.08. The molecule has 0 bridgehead atoms. The fourth-order valence-corrected chi connectivity index (χ4v) is 4.87. The summed E-state index contributed by atoms with van der Waals surface area (Å²) in [6.45, 7) is 3.94. The number of aromatic nitrogens is 2. The van der Waals surface area contributed by atoms with Gasteiger partial charge in [0.25, 0.3) is 5.91 Å². The summed E-state index contributed by atoms with van der Waals surface area (Å²) >= 11 is 1.50. The maximum absolute atomic E-state index is 12.7. The number of thiazole rings is 1. The number of amides is 1. The molecule has 7 nitrogen and oxygen atoms in total. The van der Waals surface area contributed by atoms with Gasteiger partial charge in [0, 0.05) is 54.5 Å². The monoisotopic (exact) mass is 516 g/mol. The number of benzene rings is 2. The minimum atomic E-state index is -0.169. The average Bonchev–Trinajstić information content (AvgIpc) is 3.42. The van der Waals surface area contributed by atoms with Crippen LogP contribution in [0.15, 0.2) is 78.3 Å². The number of ether oxygens (including phenoxy) is 2. The van der Waals surface area contributed by atoms with E-state index < -0.39 is 0 Å². The van der Waals surface area contributed by atoms with E-state index in [1.54, 1.807) is 20.4 Å². The van der Waals surface area contributed by atoms with E-state index >= 15 is 0 Å². The van der Waals surface area contributed by atoms with Crippen molar-refractivity contribution in [3.05, 3.63) is 106 Å². The molecule has 4 aromatic rings. The largest absolute Gasteiger partial charge is 0.497 e. The van der Waals surface area contributed by atoms with Gasteiger partial charge >= 0.3 is 0 Å². The zero-order chi connectivity index (χ0) is 26.0. The van der Waals surface area contributed by atoms with Crippen LogP contribution in [-0.4, -0.2) is 41.5 Å². The van der Waals surface area contributed by atoms with Crippen molar-refractivity contribution >= 4 is 17.2 Å². The summed E-state index contributed by atoms with van der Waals surface area (Å²) in [5, 5.41) is 5.66. The first-order valence-corrected chi connectivity index (χ1v) is 13.1. The molecule has 1 unspecified atom stereocenters. The molecule has 2 aromatic heterocycles. The lowest BCUT2D eigenvalue weighted by atomic mass is 10.1. The smallest absolute Gasteiger partial charge is 0.270 e. The Hall–Kier alpha value is -3.75. The molecule has 0 aliphatic heterocycles. The van der Waals surface area contributed by atoms with Gasteiger partial charge < -0.3 is 14.8 Å². The summed E-state index contributed by atoms with van der Waals surface area (Å²) in [7, 11) is 3.32. The van der Waals surface area contributed by atoms with E-state index in [2.05, 4.69) is 51.4 Å². The second-order valence-corrected chi connectivity index (χ2v) is 9.57. The number of nitrogens with zero attached hydrogens (tertiary/aromatic N) is 3. The quantitative estimate of drug-likeness (QED) is 0.276. The van der Waals surface area contributed by atoms with E-state index in [0.717, 1.165) is 27.8 Å². The maximum atomic E-state index is 12.7. The number of nitrogens with one attached hydrogen (secondary N) is 1. The molecule has 0 saturated heterocycles. The van der Waals surface area contributed by atoms with Gasteiger partial charge in [0.15, 0.2) is 0 Å². The van der Waals surface area contributed by atoms with Crippen LogP contribution in [-0.2, 0) is 19.5 Å². The zero-order valence-corrected chi connectivity index (χ0v) is 22.2. The van der Waals surface area contributed by atoms with Crippen molar-refractivity contribution in [2.75, 3.05) is 20.8 Å². The third-order valence-electron chi connectivity index (χ3n) is 6.21. The van der Waals surface area contributed by atoms with Gasteiger partial charge in [-0.15, -0.1) is 11.3 Å². The fraction of sp³-hybridized carbons (Fsp3) is 0.276. The third kappa shape index (κ3) is 7.15. The van der Waals surface area contributed by atoms with Crippen molar-refractivity contribution < 1.29 is 14.3 Å². The van der Waals surface area contributed by atoms with Crippen LogP contribution in [0.5, 0.6) is 11.5 Å². The number of methoxy groups -OCH3 is 2. The normalized spacial score (nSPS) is 11.8. The molecule has 1 amide bonds. The molecular weight excluding hydrogens is 484 g/mol. The SMILES string of the molecule is COc1ccc(CN(Cc2nc(C(=O)NCCc3ccccn3)cs2)C(C)c2ccccc2)c(OC)c1. The Morgan fingerprint density at radius 2 is 1.84 bits per heavy atom. The molecule has 0 aliphatic carbocycles. The average molecular weight is 517 g/mol. The van der Waals surface area contributed by atoms with Crippen molar-refractivity contribution in [3.63, 3.8) is 0 Å². The molecule has 0 aliphatic rings. The molecule has 0 saturated carbocycles. The maximum Gasteiger partial charge on any atom is 0.270 e. The lowest BCUT2D eigenvalue weighted by Gasteiger charge is -2.29. The Labute approximate surface area is 222 Å². The van der Waals surface area contributed by atoms with Crippen molar-refractivity contribution in [1.29, 1.82) is 0 Å². The van der Waals surface area contributed by atoms with Gasteiger partial charge in [0.2, 0.25) is 0 Å². The van der Waals surface area contributed by atoms with E-state index in [0.29, 0.717) is 31.7 Å². The number of carbonyl (C=O) groups excluding carboxylic acids is 1. The van der Waals surface area contributed by atoms with Crippen LogP contribution >= 0.6 is 11.3 Å². The first-order chi connectivity index (χ1) is 18.1. The summed E-state index contributed by atoms with van der Waals surface area (Å²) < 4.78 is 11.0. The Kier molecular flexibility index (Phi) is 9.24. The van der Waals surface area contributed by atoms with Crippen LogP contribution in [0.25, 0.3) is 0 Å². The number of carbonyl (C=O) groups is 1. The Balaban J connectivity index is 1.47. The molecule has 0 radical (unpaired) electrons. The molecule has 0 spiro atoms. The van der Waals surface area contributed by atoms with Gasteiger partial charge in [-0.3, -0.25) is 14.7 Å².